The van der Waals surface area contributed by atoms with Crippen molar-refractivity contribution in [2.75, 3.05) is 32.7 Å². The number of pyridine rings is 1. The number of amides is 1. The first-order valence-corrected chi connectivity index (χ1v) is 14.5. The molecule has 2 aromatic rings. The van der Waals surface area contributed by atoms with E-state index in [4.69, 9.17) is 0 Å². The van der Waals surface area contributed by atoms with Crippen molar-refractivity contribution in [3.63, 3.8) is 0 Å². The third kappa shape index (κ3) is 6.13. The normalized spacial score (nSPS) is 20.5. The minimum atomic E-state index is -3.67. The number of benzene rings is 1. The van der Waals surface area contributed by atoms with E-state index < -0.39 is 10.0 Å². The van der Waals surface area contributed by atoms with Crippen molar-refractivity contribution in [3.8, 4) is 0 Å². The summed E-state index contributed by atoms with van der Waals surface area (Å²) in [4.78, 5) is 30.7. The second-order valence-corrected chi connectivity index (χ2v) is 11.7. The quantitative estimate of drug-likeness (QED) is 0.538. The van der Waals surface area contributed by atoms with Crippen molar-refractivity contribution < 1.29 is 13.2 Å². The van der Waals surface area contributed by atoms with Crippen molar-refractivity contribution in [3.05, 3.63) is 40.2 Å². The molecule has 0 saturated carbocycles. The van der Waals surface area contributed by atoms with Gasteiger partial charge in [-0.1, -0.05) is 26.2 Å². The number of carbonyl (C=O) groups is 1. The van der Waals surface area contributed by atoms with E-state index in [0.717, 1.165) is 51.6 Å². The zero-order valence-electron chi connectivity index (χ0n) is 20.7. The largest absolute Gasteiger partial charge is 0.352 e. The lowest BCUT2D eigenvalue weighted by Crippen LogP contribution is -2.40. The molecule has 192 valence electrons. The van der Waals surface area contributed by atoms with Crippen LogP contribution < -0.4 is 10.9 Å². The van der Waals surface area contributed by atoms with Crippen LogP contribution >= 0.6 is 0 Å². The number of H-pyrrole nitrogens is 1. The molecular formula is C26H38N4O4S. The van der Waals surface area contributed by atoms with E-state index in [9.17, 15) is 18.0 Å². The first-order chi connectivity index (χ1) is 16.9. The van der Waals surface area contributed by atoms with Crippen molar-refractivity contribution in [2.45, 2.75) is 75.6 Å². The van der Waals surface area contributed by atoms with E-state index in [1.54, 1.807) is 6.07 Å². The molecule has 2 saturated heterocycles. The molecule has 8 nitrogen and oxygen atoms in total. The van der Waals surface area contributed by atoms with Gasteiger partial charge in [0.15, 0.2) is 0 Å². The van der Waals surface area contributed by atoms with Gasteiger partial charge in [-0.15, -0.1) is 0 Å². The number of aromatic amines is 1. The highest BCUT2D eigenvalue weighted by molar-refractivity contribution is 7.89. The maximum absolute atomic E-state index is 13.3. The summed E-state index contributed by atoms with van der Waals surface area (Å²) >= 11 is 0. The standard InChI is InChI=1S/C26H38N4O4S/c1-2-20-10-5-8-14-29(20)15-9-13-27-26(32)23-19-25(31)28-24-12-11-21(18-22(23)24)35(33,34)30-16-6-3-4-7-17-30/h11-12,18-20H,2-10,13-17H2,1H3,(H,27,32)(H,28,31). The predicted molar refractivity (Wildman–Crippen MR) is 138 cm³/mol. The average Bonchev–Trinajstić information content (AvgIpc) is 3.16. The summed E-state index contributed by atoms with van der Waals surface area (Å²) in [6.45, 7) is 5.80. The summed E-state index contributed by atoms with van der Waals surface area (Å²) in [5.41, 5.74) is 0.280. The Morgan fingerprint density at radius 2 is 1.80 bits per heavy atom. The fourth-order valence-corrected chi connectivity index (χ4v) is 6.95. The van der Waals surface area contributed by atoms with Crippen LogP contribution in [0.5, 0.6) is 0 Å². The molecule has 2 N–H and O–H groups in total. The van der Waals surface area contributed by atoms with E-state index in [0.29, 0.717) is 36.6 Å². The van der Waals surface area contributed by atoms with Gasteiger partial charge in [-0.2, -0.15) is 4.31 Å². The van der Waals surface area contributed by atoms with Crippen LogP contribution in [0.4, 0.5) is 0 Å². The molecule has 1 amide bonds. The number of piperidine rings is 1. The van der Waals surface area contributed by atoms with Crippen LogP contribution in [0.3, 0.4) is 0 Å². The molecule has 3 heterocycles. The summed E-state index contributed by atoms with van der Waals surface area (Å²) in [5, 5.41) is 3.39. The lowest BCUT2D eigenvalue weighted by molar-refractivity contribution is 0.0948. The van der Waals surface area contributed by atoms with E-state index >= 15 is 0 Å². The van der Waals surface area contributed by atoms with E-state index in [1.165, 1.54) is 41.8 Å². The number of hydrogen-bond acceptors (Lipinski definition) is 5. The number of fused-ring (bicyclic) bond motifs is 1. The van der Waals surface area contributed by atoms with Gasteiger partial charge >= 0.3 is 0 Å². The van der Waals surface area contributed by atoms with Gasteiger partial charge in [-0.05, 0) is 63.3 Å². The van der Waals surface area contributed by atoms with E-state index in [1.807, 2.05) is 0 Å². The minimum absolute atomic E-state index is 0.156. The third-order valence-corrected chi connectivity index (χ3v) is 9.28. The molecule has 2 aliphatic heterocycles. The SMILES string of the molecule is CCC1CCCCN1CCCNC(=O)c1cc(=O)[nH]c2ccc(S(=O)(=O)N3CCCCCC3)cc12. The number of sulfonamides is 1. The Labute approximate surface area is 208 Å². The third-order valence-electron chi connectivity index (χ3n) is 7.39. The molecule has 2 fully saturated rings. The second-order valence-electron chi connectivity index (χ2n) is 9.78. The smallest absolute Gasteiger partial charge is 0.252 e. The highest BCUT2D eigenvalue weighted by Gasteiger charge is 2.26. The molecule has 35 heavy (non-hydrogen) atoms. The number of likely N-dealkylation sites (tertiary alicyclic amines) is 1. The molecule has 0 bridgehead atoms. The maximum Gasteiger partial charge on any atom is 0.252 e. The Morgan fingerprint density at radius 3 is 2.54 bits per heavy atom. The van der Waals surface area contributed by atoms with Gasteiger partial charge in [0.05, 0.1) is 10.5 Å². The van der Waals surface area contributed by atoms with E-state index in [-0.39, 0.29) is 21.9 Å². The number of nitrogens with zero attached hydrogens (tertiary/aromatic N) is 2. The number of carbonyl (C=O) groups excluding carboxylic acids is 1. The summed E-state index contributed by atoms with van der Waals surface area (Å²) in [7, 11) is -3.67. The molecule has 1 unspecified atom stereocenters. The summed E-state index contributed by atoms with van der Waals surface area (Å²) in [5.74, 6) is -0.351. The summed E-state index contributed by atoms with van der Waals surface area (Å²) < 4.78 is 28.1. The Morgan fingerprint density at radius 1 is 1.06 bits per heavy atom. The van der Waals surface area contributed by atoms with Crippen LogP contribution in [0.15, 0.2) is 34.0 Å². The van der Waals surface area contributed by atoms with E-state index in [2.05, 4.69) is 22.1 Å². The first-order valence-electron chi connectivity index (χ1n) is 13.1. The summed E-state index contributed by atoms with van der Waals surface area (Å²) in [6, 6.07) is 6.51. The van der Waals surface area contributed by atoms with Crippen LogP contribution in [0, 0.1) is 0 Å². The van der Waals surface area contributed by atoms with Crippen molar-refractivity contribution >= 4 is 26.8 Å². The molecule has 1 aromatic heterocycles. The van der Waals surface area contributed by atoms with Gasteiger partial charge in [0, 0.05) is 49.2 Å². The average molecular weight is 503 g/mol. The zero-order valence-corrected chi connectivity index (χ0v) is 21.5. The molecule has 4 rings (SSSR count). The fourth-order valence-electron chi connectivity index (χ4n) is 5.41. The van der Waals surface area contributed by atoms with Crippen LogP contribution in [-0.2, 0) is 10.0 Å². The van der Waals surface area contributed by atoms with Crippen molar-refractivity contribution in [2.24, 2.45) is 0 Å². The van der Waals surface area contributed by atoms with Crippen molar-refractivity contribution in [1.29, 1.82) is 0 Å². The van der Waals surface area contributed by atoms with Crippen LogP contribution in [0.25, 0.3) is 10.9 Å². The van der Waals surface area contributed by atoms with Crippen LogP contribution in [0.1, 0.15) is 75.1 Å². The lowest BCUT2D eigenvalue weighted by atomic mass is 10.00. The Bertz CT molecular complexity index is 1190. The topological polar surface area (TPSA) is 103 Å². The second kappa shape index (κ2) is 11.7. The van der Waals surface area contributed by atoms with Gasteiger partial charge < -0.3 is 15.2 Å². The zero-order chi connectivity index (χ0) is 24.8. The molecule has 2 aliphatic rings. The van der Waals surface area contributed by atoms with Gasteiger partial charge in [0.2, 0.25) is 15.6 Å². The molecule has 0 spiro atoms. The van der Waals surface area contributed by atoms with Gasteiger partial charge in [0.25, 0.3) is 5.91 Å². The Balaban J connectivity index is 1.49. The predicted octanol–water partition coefficient (Wildman–Crippen LogP) is 3.48. The molecule has 9 heteroatoms. The monoisotopic (exact) mass is 502 g/mol. The first kappa shape index (κ1) is 25.9. The van der Waals surface area contributed by atoms with Crippen molar-refractivity contribution in [1.82, 2.24) is 19.5 Å². The highest BCUT2D eigenvalue weighted by atomic mass is 32.2. The molecular weight excluding hydrogens is 464 g/mol. The summed E-state index contributed by atoms with van der Waals surface area (Å²) in [6.07, 6.45) is 9.50. The molecule has 1 atom stereocenters. The van der Waals surface area contributed by atoms with Gasteiger partial charge in [-0.3, -0.25) is 9.59 Å². The van der Waals surface area contributed by atoms with Crippen LogP contribution in [0.2, 0.25) is 0 Å². The van der Waals surface area contributed by atoms with Crippen LogP contribution in [-0.4, -0.2) is 67.3 Å². The number of nitrogens with one attached hydrogen (secondary N) is 2. The Hall–Kier alpha value is -2.23. The minimum Gasteiger partial charge on any atom is -0.352 e. The number of rotatable bonds is 8. The lowest BCUT2D eigenvalue weighted by Gasteiger charge is -2.35. The number of aromatic nitrogens is 1. The number of hydrogen-bond donors (Lipinski definition) is 2. The molecule has 0 radical (unpaired) electrons. The Kier molecular flexibility index (Phi) is 8.62. The van der Waals surface area contributed by atoms with Gasteiger partial charge in [-0.25, -0.2) is 8.42 Å². The maximum atomic E-state index is 13.3. The van der Waals surface area contributed by atoms with Gasteiger partial charge in [0.1, 0.15) is 0 Å². The molecule has 1 aromatic carbocycles. The fraction of sp³-hybridized carbons (Fsp3) is 0.615. The highest BCUT2D eigenvalue weighted by Crippen LogP contribution is 2.25. The molecule has 0 aliphatic carbocycles.